The number of hydrogen-bond donors (Lipinski definition) is 0. The van der Waals surface area contributed by atoms with Gasteiger partial charge in [-0.3, -0.25) is 9.59 Å². The molecule has 0 aromatic heterocycles. The van der Waals surface area contributed by atoms with Gasteiger partial charge in [-0.25, -0.2) is 0 Å². The number of nitrogens with zero attached hydrogens (tertiary/aromatic N) is 1. The molecule has 3 heteroatoms. The number of likely N-dealkylation sites (tertiary alicyclic amines) is 1. The van der Waals surface area contributed by atoms with Crippen molar-refractivity contribution in [3.05, 3.63) is 0 Å². The van der Waals surface area contributed by atoms with Crippen LogP contribution in [0.3, 0.4) is 0 Å². The second-order valence-corrected chi connectivity index (χ2v) is 9.52. The van der Waals surface area contributed by atoms with Crippen LogP contribution in [0.15, 0.2) is 0 Å². The second kappa shape index (κ2) is 5.35. The van der Waals surface area contributed by atoms with Gasteiger partial charge in [-0.05, 0) is 43.4 Å². The van der Waals surface area contributed by atoms with Gasteiger partial charge in [-0.15, -0.1) is 0 Å². The average Bonchev–Trinajstić information content (AvgIpc) is 2.30. The van der Waals surface area contributed by atoms with E-state index in [1.54, 1.807) is 13.8 Å². The molecule has 0 aromatic rings. The third kappa shape index (κ3) is 2.83. The van der Waals surface area contributed by atoms with Gasteiger partial charge in [-0.2, -0.15) is 0 Å². The predicted octanol–water partition coefficient (Wildman–Crippen LogP) is 4.30. The highest BCUT2D eigenvalue weighted by Gasteiger charge is 2.55. The lowest BCUT2D eigenvalue weighted by molar-refractivity contribution is -0.159. The molecule has 1 aliphatic rings. The number of rotatable bonds is 1. The van der Waals surface area contributed by atoms with Crippen molar-refractivity contribution in [2.75, 3.05) is 6.54 Å². The van der Waals surface area contributed by atoms with Crippen molar-refractivity contribution in [1.29, 1.82) is 0 Å². The third-order valence-electron chi connectivity index (χ3n) is 7.09. The highest BCUT2D eigenvalue weighted by molar-refractivity contribution is 5.80. The van der Waals surface area contributed by atoms with Crippen LogP contribution in [0.5, 0.6) is 0 Å². The molecule has 0 N–H and O–H groups in total. The van der Waals surface area contributed by atoms with Crippen molar-refractivity contribution < 1.29 is 9.59 Å². The molecule has 0 spiro atoms. The van der Waals surface area contributed by atoms with E-state index in [0.29, 0.717) is 0 Å². The fourth-order valence-corrected chi connectivity index (χ4v) is 3.78. The minimum Gasteiger partial charge on any atom is -0.337 e. The molecule has 1 aliphatic heterocycles. The summed E-state index contributed by atoms with van der Waals surface area (Å²) in [6.07, 6.45) is 0.859. The Labute approximate surface area is 136 Å². The summed E-state index contributed by atoms with van der Waals surface area (Å²) in [6.45, 7) is 21.5. The van der Waals surface area contributed by atoms with Gasteiger partial charge in [0.1, 0.15) is 5.78 Å². The quantitative estimate of drug-likeness (QED) is 0.724. The Bertz CT molecular complexity index is 428. The van der Waals surface area contributed by atoms with Crippen LogP contribution >= 0.6 is 0 Å². The first-order chi connectivity index (χ1) is 9.58. The second-order valence-electron chi connectivity index (χ2n) is 9.52. The van der Waals surface area contributed by atoms with Crippen molar-refractivity contribution in [2.24, 2.45) is 22.2 Å². The standard InChI is InChI=1S/C19H35NO2/c1-13(21)15-11-16(3,4)17(5,6)12-20(14(2)22)19(9,10)18(15,7)8/h15H,11-12H2,1-10H3. The van der Waals surface area contributed by atoms with Crippen molar-refractivity contribution >= 4 is 11.7 Å². The monoisotopic (exact) mass is 309 g/mol. The van der Waals surface area contributed by atoms with Gasteiger partial charge in [0.05, 0.1) is 0 Å². The molecule has 1 heterocycles. The zero-order chi connectivity index (χ0) is 17.7. The van der Waals surface area contributed by atoms with E-state index in [9.17, 15) is 9.59 Å². The Morgan fingerprint density at radius 3 is 1.68 bits per heavy atom. The van der Waals surface area contributed by atoms with E-state index in [2.05, 4.69) is 55.4 Å². The summed E-state index contributed by atoms with van der Waals surface area (Å²) in [7, 11) is 0. The lowest BCUT2D eigenvalue weighted by Crippen LogP contribution is -2.64. The molecular formula is C19H35NO2. The first-order valence-corrected chi connectivity index (χ1v) is 8.36. The average molecular weight is 309 g/mol. The summed E-state index contributed by atoms with van der Waals surface area (Å²) >= 11 is 0. The van der Waals surface area contributed by atoms with E-state index in [4.69, 9.17) is 0 Å². The maximum Gasteiger partial charge on any atom is 0.219 e. The van der Waals surface area contributed by atoms with Crippen LogP contribution in [-0.4, -0.2) is 28.7 Å². The summed E-state index contributed by atoms with van der Waals surface area (Å²) in [5, 5.41) is 0. The van der Waals surface area contributed by atoms with Crippen molar-refractivity contribution in [1.82, 2.24) is 4.90 Å². The number of amides is 1. The zero-order valence-corrected chi connectivity index (χ0v) is 16.3. The number of hydrogen-bond acceptors (Lipinski definition) is 2. The van der Waals surface area contributed by atoms with Crippen LogP contribution in [0.4, 0.5) is 0 Å². The maximum atomic E-state index is 12.4. The minimum atomic E-state index is -0.372. The highest BCUT2D eigenvalue weighted by Crippen LogP contribution is 2.54. The van der Waals surface area contributed by atoms with E-state index < -0.39 is 0 Å². The smallest absolute Gasteiger partial charge is 0.219 e. The molecule has 0 radical (unpaired) electrons. The summed E-state index contributed by atoms with van der Waals surface area (Å²) in [4.78, 5) is 26.8. The van der Waals surface area contributed by atoms with Crippen LogP contribution in [0.1, 0.15) is 75.7 Å². The Morgan fingerprint density at radius 1 is 0.864 bits per heavy atom. The molecular weight excluding hydrogens is 274 g/mol. The number of Topliss-reactive ketones (excluding diaryl/α,β-unsaturated/α-hetero) is 1. The zero-order valence-electron chi connectivity index (χ0n) is 16.3. The molecule has 0 aromatic carbocycles. The van der Waals surface area contributed by atoms with Crippen LogP contribution in [-0.2, 0) is 9.59 Å². The predicted molar refractivity (Wildman–Crippen MR) is 91.6 cm³/mol. The van der Waals surface area contributed by atoms with E-state index in [0.717, 1.165) is 13.0 Å². The number of carbonyl (C=O) groups is 2. The molecule has 0 bridgehead atoms. The molecule has 1 unspecified atom stereocenters. The Morgan fingerprint density at radius 2 is 1.32 bits per heavy atom. The largest absolute Gasteiger partial charge is 0.337 e. The third-order valence-corrected chi connectivity index (χ3v) is 7.09. The summed E-state index contributed by atoms with van der Waals surface area (Å²) < 4.78 is 0. The van der Waals surface area contributed by atoms with E-state index >= 15 is 0 Å². The van der Waals surface area contributed by atoms with Crippen LogP contribution < -0.4 is 0 Å². The first kappa shape index (κ1) is 19.2. The fraction of sp³-hybridized carbons (Fsp3) is 0.895. The molecule has 1 saturated heterocycles. The van der Waals surface area contributed by atoms with E-state index in [1.165, 1.54) is 0 Å². The molecule has 1 rings (SSSR count). The van der Waals surface area contributed by atoms with E-state index in [-0.39, 0.29) is 39.4 Å². The van der Waals surface area contributed by atoms with Crippen LogP contribution in [0, 0.1) is 22.2 Å². The number of carbonyl (C=O) groups excluding carboxylic acids is 2. The minimum absolute atomic E-state index is 0.0230. The van der Waals surface area contributed by atoms with Gasteiger partial charge in [0.2, 0.25) is 5.91 Å². The molecule has 1 fully saturated rings. The maximum absolute atomic E-state index is 12.4. The van der Waals surface area contributed by atoms with Gasteiger partial charge >= 0.3 is 0 Å². The van der Waals surface area contributed by atoms with Crippen molar-refractivity contribution in [3.8, 4) is 0 Å². The van der Waals surface area contributed by atoms with Crippen molar-refractivity contribution in [2.45, 2.75) is 81.2 Å². The van der Waals surface area contributed by atoms with E-state index in [1.807, 2.05) is 4.90 Å². The molecule has 1 atom stereocenters. The summed E-state index contributed by atoms with van der Waals surface area (Å²) in [5.74, 6) is 0.262. The Hall–Kier alpha value is -0.860. The van der Waals surface area contributed by atoms with Crippen molar-refractivity contribution in [3.63, 3.8) is 0 Å². The van der Waals surface area contributed by atoms with Gasteiger partial charge in [0.25, 0.3) is 0 Å². The van der Waals surface area contributed by atoms with Gasteiger partial charge in [-0.1, -0.05) is 41.5 Å². The molecule has 128 valence electrons. The fourth-order valence-electron chi connectivity index (χ4n) is 3.78. The first-order valence-electron chi connectivity index (χ1n) is 8.36. The molecule has 22 heavy (non-hydrogen) atoms. The van der Waals surface area contributed by atoms with Gasteiger partial charge in [0.15, 0.2) is 0 Å². The highest BCUT2D eigenvalue weighted by atomic mass is 16.2. The van der Waals surface area contributed by atoms with Gasteiger partial charge in [0, 0.05) is 24.9 Å². The van der Waals surface area contributed by atoms with Crippen LogP contribution in [0.25, 0.3) is 0 Å². The summed E-state index contributed by atoms with van der Waals surface area (Å²) in [5.41, 5.74) is -0.730. The molecule has 0 aliphatic carbocycles. The normalized spacial score (nSPS) is 29.4. The molecule has 0 saturated carbocycles. The summed E-state index contributed by atoms with van der Waals surface area (Å²) in [6, 6.07) is 0. The lowest BCUT2D eigenvalue weighted by Gasteiger charge is -2.59. The topological polar surface area (TPSA) is 37.4 Å². The Kier molecular flexibility index (Phi) is 4.66. The molecule has 3 nitrogen and oxygen atoms in total. The lowest BCUT2D eigenvalue weighted by atomic mass is 9.53. The van der Waals surface area contributed by atoms with Crippen LogP contribution in [0.2, 0.25) is 0 Å². The Balaban J connectivity index is 3.58. The molecule has 1 amide bonds. The van der Waals surface area contributed by atoms with Gasteiger partial charge < -0.3 is 4.90 Å². The number of ketones is 1. The SMILES string of the molecule is CC(=O)C1CC(C)(C)C(C)(C)CN(C(C)=O)C(C)(C)C1(C)C.